The molecule has 3 heteroatoms. The van der Waals surface area contributed by atoms with Gasteiger partial charge in [-0.25, -0.2) is 0 Å². The molecule has 0 aliphatic carbocycles. The number of aromatic nitrogens is 1. The van der Waals surface area contributed by atoms with Gasteiger partial charge in [0.05, 0.1) is 11.0 Å². The third-order valence-corrected chi connectivity index (χ3v) is 8.91. The third kappa shape index (κ3) is 3.09. The average Bonchev–Trinajstić information content (AvgIpc) is 3.48. The van der Waals surface area contributed by atoms with Crippen LogP contribution in [-0.2, 0) is 0 Å². The molecule has 5 aromatic carbocycles. The average molecular weight is 484 g/mol. The van der Waals surface area contributed by atoms with Crippen molar-refractivity contribution >= 4 is 59.6 Å². The topological polar surface area (TPSA) is 18.1 Å². The van der Waals surface area contributed by atoms with Gasteiger partial charge in [-0.3, -0.25) is 0 Å². The van der Waals surface area contributed by atoms with E-state index in [1.165, 1.54) is 48.7 Å². The van der Waals surface area contributed by atoms with Crippen molar-refractivity contribution in [1.82, 2.24) is 4.57 Å². The molecule has 36 heavy (non-hydrogen) atoms. The highest BCUT2D eigenvalue weighted by Gasteiger charge is 2.17. The number of rotatable bonds is 3. The van der Waals surface area contributed by atoms with Crippen molar-refractivity contribution in [2.24, 2.45) is 0 Å². The number of para-hydroxylation sites is 4. The fraction of sp³-hybridized carbons (Fsp3) is 0.0606. The summed E-state index contributed by atoms with van der Waals surface area (Å²) in [4.78, 5) is 1.26. The van der Waals surface area contributed by atoms with Gasteiger partial charge in [0.1, 0.15) is 11.2 Å². The standard InChI is InChI=1S/C33H25NOS/c1-3-36(2)31-18-10-16-27-26-15-9-14-24(32(26)35-33(27)31)22-19-20-30-28(21-22)25-13-7-8-17-29(25)34(30)23-11-5-4-6-12-23/h3-21H,1-2H3. The van der Waals surface area contributed by atoms with Crippen molar-refractivity contribution in [3.8, 4) is 16.8 Å². The minimum absolute atomic E-state index is 0.0359. The van der Waals surface area contributed by atoms with Crippen LogP contribution in [0.4, 0.5) is 0 Å². The molecule has 1 unspecified atom stereocenters. The zero-order chi connectivity index (χ0) is 24.2. The van der Waals surface area contributed by atoms with Gasteiger partial charge in [-0.15, -0.1) is 0 Å². The van der Waals surface area contributed by atoms with E-state index in [0.717, 1.165) is 16.7 Å². The maximum absolute atomic E-state index is 6.65. The van der Waals surface area contributed by atoms with Gasteiger partial charge < -0.3 is 8.98 Å². The summed E-state index contributed by atoms with van der Waals surface area (Å²) >= 11 is 0. The molecule has 0 aliphatic rings. The van der Waals surface area contributed by atoms with Crippen LogP contribution in [0, 0.1) is 0 Å². The molecule has 1 atom stereocenters. The molecular formula is C33H25NOS. The molecule has 174 valence electrons. The lowest BCUT2D eigenvalue weighted by Crippen LogP contribution is -1.92. The van der Waals surface area contributed by atoms with Crippen LogP contribution in [0.1, 0.15) is 6.92 Å². The lowest BCUT2D eigenvalue weighted by atomic mass is 10.0. The van der Waals surface area contributed by atoms with E-state index in [-0.39, 0.29) is 10.5 Å². The number of hydrogen-bond donors (Lipinski definition) is 0. The molecule has 7 aromatic rings. The second kappa shape index (κ2) is 8.25. The van der Waals surface area contributed by atoms with Crippen LogP contribution in [0.3, 0.4) is 0 Å². The van der Waals surface area contributed by atoms with Crippen molar-refractivity contribution in [3.05, 3.63) is 109 Å². The van der Waals surface area contributed by atoms with Crippen molar-refractivity contribution in [1.29, 1.82) is 0 Å². The van der Waals surface area contributed by atoms with Crippen molar-refractivity contribution in [3.63, 3.8) is 0 Å². The zero-order valence-corrected chi connectivity index (χ0v) is 21.0. The molecule has 2 aromatic heterocycles. The first kappa shape index (κ1) is 21.2. The van der Waals surface area contributed by atoms with Crippen LogP contribution in [0.15, 0.2) is 119 Å². The number of furan rings is 1. The molecule has 0 saturated carbocycles. The van der Waals surface area contributed by atoms with E-state index >= 15 is 0 Å². The molecule has 0 fully saturated rings. The van der Waals surface area contributed by atoms with Gasteiger partial charge in [-0.2, -0.15) is 10.5 Å². The second-order valence-electron chi connectivity index (χ2n) is 9.13. The summed E-state index contributed by atoms with van der Waals surface area (Å²) in [7, 11) is 0.0359. The Hall–Kier alpha value is -4.08. The smallest absolute Gasteiger partial charge is 0.148 e. The van der Waals surface area contributed by atoms with Gasteiger partial charge in [0, 0.05) is 37.7 Å². The normalized spacial score (nSPS) is 12.8. The van der Waals surface area contributed by atoms with Crippen molar-refractivity contribution in [2.75, 3.05) is 6.26 Å². The summed E-state index contributed by atoms with van der Waals surface area (Å²) < 4.78 is 9.00. The molecule has 0 amide bonds. The Labute approximate surface area is 212 Å². The van der Waals surface area contributed by atoms with Crippen LogP contribution in [0.2, 0.25) is 0 Å². The minimum atomic E-state index is 0.0359. The van der Waals surface area contributed by atoms with Crippen LogP contribution >= 0.6 is 10.5 Å². The Balaban J connectivity index is 1.51. The van der Waals surface area contributed by atoms with Crippen molar-refractivity contribution < 1.29 is 4.42 Å². The predicted octanol–water partition coefficient (Wildman–Crippen LogP) is 9.43. The van der Waals surface area contributed by atoms with E-state index < -0.39 is 0 Å². The van der Waals surface area contributed by atoms with Crippen LogP contribution < -0.4 is 0 Å². The van der Waals surface area contributed by atoms with Crippen LogP contribution in [0.5, 0.6) is 0 Å². The van der Waals surface area contributed by atoms with Gasteiger partial charge >= 0.3 is 0 Å². The quantitative estimate of drug-likeness (QED) is 0.229. The summed E-state index contributed by atoms with van der Waals surface area (Å²) in [5.74, 6) is 0. The number of benzene rings is 5. The van der Waals surface area contributed by atoms with E-state index in [4.69, 9.17) is 4.42 Å². The summed E-state index contributed by atoms with van der Waals surface area (Å²) in [5.41, 5.74) is 7.86. The molecule has 7 rings (SSSR count). The first-order valence-electron chi connectivity index (χ1n) is 12.2. The van der Waals surface area contributed by atoms with E-state index in [9.17, 15) is 0 Å². The van der Waals surface area contributed by atoms with Gasteiger partial charge in [0.15, 0.2) is 0 Å². The lowest BCUT2D eigenvalue weighted by Gasteiger charge is -2.08. The summed E-state index contributed by atoms with van der Waals surface area (Å²) in [6, 6.07) is 39.1. The molecular weight excluding hydrogens is 458 g/mol. The van der Waals surface area contributed by atoms with Gasteiger partial charge in [0.25, 0.3) is 0 Å². The van der Waals surface area contributed by atoms with Gasteiger partial charge in [-0.1, -0.05) is 78.2 Å². The Kier molecular flexibility index (Phi) is 4.86. The molecule has 0 spiro atoms. The Morgan fingerprint density at radius 1 is 0.639 bits per heavy atom. The molecule has 0 aliphatic heterocycles. The zero-order valence-electron chi connectivity index (χ0n) is 20.2. The molecule has 0 radical (unpaired) electrons. The SMILES string of the molecule is C/C=S(/C)c1cccc2c1oc1c(-c3ccc4c(c3)c3ccccc3n4-c3ccccc3)cccc12. The van der Waals surface area contributed by atoms with E-state index in [1.807, 2.05) is 0 Å². The summed E-state index contributed by atoms with van der Waals surface area (Å²) in [5, 5.41) is 7.11. The molecule has 0 saturated heterocycles. The summed E-state index contributed by atoms with van der Waals surface area (Å²) in [6.07, 6.45) is 2.25. The minimum Gasteiger partial charge on any atom is -0.454 e. The Bertz CT molecular complexity index is 1960. The van der Waals surface area contributed by atoms with Gasteiger partial charge in [0.2, 0.25) is 0 Å². The summed E-state index contributed by atoms with van der Waals surface area (Å²) in [6.45, 7) is 2.12. The highest BCUT2D eigenvalue weighted by Crippen LogP contribution is 2.42. The maximum Gasteiger partial charge on any atom is 0.148 e. The second-order valence-corrected chi connectivity index (χ2v) is 11.2. The van der Waals surface area contributed by atoms with E-state index in [1.54, 1.807) is 0 Å². The maximum atomic E-state index is 6.65. The highest BCUT2D eigenvalue weighted by atomic mass is 32.2. The molecule has 0 bridgehead atoms. The van der Waals surface area contributed by atoms with E-state index in [0.29, 0.717) is 0 Å². The van der Waals surface area contributed by atoms with Gasteiger partial charge in [-0.05, 0) is 55.1 Å². The Morgan fingerprint density at radius 3 is 2.17 bits per heavy atom. The fourth-order valence-electron chi connectivity index (χ4n) is 5.40. The molecule has 2 nitrogen and oxygen atoms in total. The van der Waals surface area contributed by atoms with Crippen molar-refractivity contribution in [2.45, 2.75) is 11.8 Å². The Morgan fingerprint density at radius 2 is 1.33 bits per heavy atom. The highest BCUT2D eigenvalue weighted by molar-refractivity contribution is 8.14. The largest absolute Gasteiger partial charge is 0.454 e. The monoisotopic (exact) mass is 483 g/mol. The molecule has 2 heterocycles. The number of nitrogens with zero attached hydrogens (tertiary/aromatic N) is 1. The fourth-order valence-corrected chi connectivity index (χ4v) is 6.39. The lowest BCUT2D eigenvalue weighted by molar-refractivity contribution is 0.661. The first-order valence-corrected chi connectivity index (χ1v) is 13.9. The third-order valence-electron chi connectivity index (χ3n) is 7.19. The van der Waals surface area contributed by atoms with Crippen LogP contribution in [0.25, 0.3) is 60.6 Å². The van der Waals surface area contributed by atoms with E-state index in [2.05, 4.69) is 132 Å². The molecule has 0 N–H and O–H groups in total. The first-order chi connectivity index (χ1) is 17.7. The number of fused-ring (bicyclic) bond motifs is 6. The van der Waals surface area contributed by atoms with Crippen LogP contribution in [-0.4, -0.2) is 16.2 Å². The number of hydrogen-bond acceptors (Lipinski definition) is 1. The predicted molar refractivity (Wildman–Crippen MR) is 157 cm³/mol.